The average molecular weight is 391 g/mol. The van der Waals surface area contributed by atoms with Crippen LogP contribution < -0.4 is 14.8 Å². The summed E-state index contributed by atoms with van der Waals surface area (Å²) in [5, 5.41) is 5.39. The van der Waals surface area contributed by atoms with E-state index in [1.807, 2.05) is 30.5 Å². The van der Waals surface area contributed by atoms with Gasteiger partial charge in [0.25, 0.3) is 0 Å². The van der Waals surface area contributed by atoms with Gasteiger partial charge in [0.05, 0.1) is 5.52 Å². The van der Waals surface area contributed by atoms with Crippen molar-refractivity contribution < 1.29 is 13.9 Å². The van der Waals surface area contributed by atoms with Crippen LogP contribution >= 0.6 is 0 Å². The van der Waals surface area contributed by atoms with Crippen molar-refractivity contribution in [2.75, 3.05) is 19.7 Å². The van der Waals surface area contributed by atoms with Crippen LogP contribution in [-0.4, -0.2) is 35.8 Å². The first-order valence-electron chi connectivity index (χ1n) is 9.91. The van der Waals surface area contributed by atoms with Crippen molar-refractivity contribution >= 4 is 21.8 Å². The number of halogens is 1. The largest absolute Gasteiger partial charge is 0.486 e. The van der Waals surface area contributed by atoms with E-state index < -0.39 is 0 Å². The maximum atomic E-state index is 13.5. The molecular formula is C23H22FN3O2. The first kappa shape index (κ1) is 17.9. The van der Waals surface area contributed by atoms with Crippen LogP contribution in [0.1, 0.15) is 12.0 Å². The van der Waals surface area contributed by atoms with Gasteiger partial charge in [-0.05, 0) is 67.4 Å². The Morgan fingerprint density at radius 3 is 3.10 bits per heavy atom. The summed E-state index contributed by atoms with van der Waals surface area (Å²) in [5.41, 5.74) is 3.02. The molecule has 2 aromatic heterocycles. The third-order valence-electron chi connectivity index (χ3n) is 5.31. The fourth-order valence-electron chi connectivity index (χ4n) is 3.85. The number of rotatable bonds is 6. The number of H-pyrrole nitrogens is 1. The van der Waals surface area contributed by atoms with E-state index >= 15 is 0 Å². The minimum atomic E-state index is -0.200. The molecule has 1 aliphatic rings. The summed E-state index contributed by atoms with van der Waals surface area (Å²) in [5.74, 6) is 1.34. The zero-order valence-corrected chi connectivity index (χ0v) is 16.0. The molecule has 5 nitrogen and oxygen atoms in total. The van der Waals surface area contributed by atoms with Gasteiger partial charge in [0, 0.05) is 35.2 Å². The quantitative estimate of drug-likeness (QED) is 0.483. The Morgan fingerprint density at radius 1 is 1.17 bits per heavy atom. The number of aryl methyl sites for hydroxylation is 1. The molecule has 148 valence electrons. The van der Waals surface area contributed by atoms with E-state index in [0.29, 0.717) is 13.2 Å². The molecule has 0 aliphatic carbocycles. The van der Waals surface area contributed by atoms with Crippen molar-refractivity contribution in [3.63, 3.8) is 0 Å². The fourth-order valence-corrected chi connectivity index (χ4v) is 3.85. The number of aromatic nitrogens is 2. The SMILES string of the molecule is Fc1ccc2[nH]cc(CCCNCC3COc4ccc5ncccc5c4O3)c2c1. The Morgan fingerprint density at radius 2 is 2.14 bits per heavy atom. The van der Waals surface area contributed by atoms with E-state index in [2.05, 4.69) is 15.3 Å². The predicted molar refractivity (Wildman–Crippen MR) is 111 cm³/mol. The lowest BCUT2D eigenvalue weighted by Crippen LogP contribution is -2.38. The smallest absolute Gasteiger partial charge is 0.171 e. The highest BCUT2D eigenvalue weighted by molar-refractivity contribution is 5.88. The van der Waals surface area contributed by atoms with Crippen LogP contribution in [-0.2, 0) is 6.42 Å². The monoisotopic (exact) mass is 391 g/mol. The molecule has 1 atom stereocenters. The van der Waals surface area contributed by atoms with E-state index in [1.54, 1.807) is 18.3 Å². The number of fused-ring (bicyclic) bond motifs is 4. The van der Waals surface area contributed by atoms with Gasteiger partial charge in [0.15, 0.2) is 11.5 Å². The maximum absolute atomic E-state index is 13.5. The number of ether oxygens (including phenoxy) is 2. The molecular weight excluding hydrogens is 369 g/mol. The van der Waals surface area contributed by atoms with Gasteiger partial charge in [-0.1, -0.05) is 0 Å². The minimum absolute atomic E-state index is 0.0458. The Hall–Kier alpha value is -3.12. The molecule has 3 heterocycles. The van der Waals surface area contributed by atoms with Crippen molar-refractivity contribution in [3.8, 4) is 11.5 Å². The molecule has 1 aliphatic heterocycles. The van der Waals surface area contributed by atoms with Gasteiger partial charge in [0.2, 0.25) is 0 Å². The lowest BCUT2D eigenvalue weighted by Gasteiger charge is -2.27. The molecule has 5 rings (SSSR count). The van der Waals surface area contributed by atoms with Gasteiger partial charge in [0.1, 0.15) is 18.5 Å². The van der Waals surface area contributed by atoms with Crippen molar-refractivity contribution in [2.45, 2.75) is 18.9 Å². The van der Waals surface area contributed by atoms with Crippen molar-refractivity contribution in [2.24, 2.45) is 0 Å². The third-order valence-corrected chi connectivity index (χ3v) is 5.31. The zero-order chi connectivity index (χ0) is 19.6. The van der Waals surface area contributed by atoms with Crippen LogP contribution in [0.2, 0.25) is 0 Å². The molecule has 6 heteroatoms. The standard InChI is InChI=1S/C23H22FN3O2/c24-16-5-6-21-19(11-16)15(12-27-21)3-1-9-25-13-17-14-28-22-8-7-20-18(23(22)29-17)4-2-10-26-20/h2,4-8,10-12,17,25,27H,1,3,9,13-14H2. The zero-order valence-electron chi connectivity index (χ0n) is 16.0. The molecule has 29 heavy (non-hydrogen) atoms. The summed E-state index contributed by atoms with van der Waals surface area (Å²) in [6.45, 7) is 2.08. The van der Waals surface area contributed by atoms with E-state index in [1.165, 1.54) is 6.07 Å². The minimum Gasteiger partial charge on any atom is -0.486 e. The summed E-state index contributed by atoms with van der Waals surface area (Å²) in [6, 6.07) is 12.6. The Kier molecular flexibility index (Phi) is 4.77. The number of aromatic amines is 1. The van der Waals surface area contributed by atoms with Crippen LogP contribution in [0.3, 0.4) is 0 Å². The summed E-state index contributed by atoms with van der Waals surface area (Å²) in [7, 11) is 0. The highest BCUT2D eigenvalue weighted by Gasteiger charge is 2.22. The molecule has 1 unspecified atom stereocenters. The Labute approximate surface area is 167 Å². The van der Waals surface area contributed by atoms with Gasteiger partial charge in [-0.3, -0.25) is 4.98 Å². The number of benzene rings is 2. The van der Waals surface area contributed by atoms with Gasteiger partial charge in [-0.15, -0.1) is 0 Å². The number of pyridine rings is 1. The number of hydrogen-bond donors (Lipinski definition) is 2. The highest BCUT2D eigenvalue weighted by Crippen LogP contribution is 2.37. The lowest BCUT2D eigenvalue weighted by atomic mass is 10.1. The van der Waals surface area contributed by atoms with Crippen molar-refractivity contribution in [3.05, 3.63) is 66.2 Å². The van der Waals surface area contributed by atoms with Gasteiger partial charge < -0.3 is 19.8 Å². The molecule has 0 saturated carbocycles. The Bertz CT molecular complexity index is 1160. The summed E-state index contributed by atoms with van der Waals surface area (Å²) >= 11 is 0. The van der Waals surface area contributed by atoms with Gasteiger partial charge >= 0.3 is 0 Å². The predicted octanol–water partition coefficient (Wildman–Crippen LogP) is 4.22. The molecule has 0 saturated heterocycles. The molecule has 0 radical (unpaired) electrons. The first-order valence-corrected chi connectivity index (χ1v) is 9.91. The van der Waals surface area contributed by atoms with Crippen LogP contribution in [0.4, 0.5) is 4.39 Å². The Balaban J connectivity index is 1.15. The number of nitrogens with one attached hydrogen (secondary N) is 2. The summed E-state index contributed by atoms with van der Waals surface area (Å²) < 4.78 is 25.6. The molecule has 0 spiro atoms. The van der Waals surface area contributed by atoms with E-state index in [4.69, 9.17) is 9.47 Å². The van der Waals surface area contributed by atoms with E-state index in [-0.39, 0.29) is 11.9 Å². The van der Waals surface area contributed by atoms with Crippen LogP contribution in [0.15, 0.2) is 54.9 Å². The van der Waals surface area contributed by atoms with Gasteiger partial charge in [-0.25, -0.2) is 4.39 Å². The normalized spacial score (nSPS) is 15.8. The molecule has 2 N–H and O–H groups in total. The molecule has 4 aromatic rings. The third kappa shape index (κ3) is 3.63. The second kappa shape index (κ2) is 7.72. The fraction of sp³-hybridized carbons (Fsp3) is 0.261. The van der Waals surface area contributed by atoms with Crippen LogP contribution in [0, 0.1) is 5.82 Å². The average Bonchev–Trinajstić information content (AvgIpc) is 3.15. The van der Waals surface area contributed by atoms with Crippen molar-refractivity contribution in [1.82, 2.24) is 15.3 Å². The number of hydrogen-bond acceptors (Lipinski definition) is 4. The number of nitrogens with zero attached hydrogens (tertiary/aromatic N) is 1. The second-order valence-corrected chi connectivity index (χ2v) is 7.33. The maximum Gasteiger partial charge on any atom is 0.171 e. The van der Waals surface area contributed by atoms with E-state index in [0.717, 1.165) is 58.3 Å². The second-order valence-electron chi connectivity index (χ2n) is 7.33. The molecule has 2 aromatic carbocycles. The van der Waals surface area contributed by atoms with Crippen LogP contribution in [0.25, 0.3) is 21.8 Å². The molecule has 0 bridgehead atoms. The van der Waals surface area contributed by atoms with Crippen molar-refractivity contribution in [1.29, 1.82) is 0 Å². The summed E-state index contributed by atoms with van der Waals surface area (Å²) in [6.07, 6.45) is 5.55. The lowest BCUT2D eigenvalue weighted by molar-refractivity contribution is 0.0925. The first-order chi connectivity index (χ1) is 14.3. The van der Waals surface area contributed by atoms with Crippen LogP contribution in [0.5, 0.6) is 11.5 Å². The molecule has 0 amide bonds. The van der Waals surface area contributed by atoms with Gasteiger partial charge in [-0.2, -0.15) is 0 Å². The highest BCUT2D eigenvalue weighted by atomic mass is 19.1. The van der Waals surface area contributed by atoms with E-state index in [9.17, 15) is 4.39 Å². The topological polar surface area (TPSA) is 59.2 Å². The summed E-state index contributed by atoms with van der Waals surface area (Å²) in [4.78, 5) is 7.58. The molecule has 0 fully saturated rings.